The first-order valence-corrected chi connectivity index (χ1v) is 8.96. The van der Waals surface area contributed by atoms with Crippen molar-refractivity contribution >= 4 is 5.91 Å². The van der Waals surface area contributed by atoms with Crippen molar-refractivity contribution in [2.75, 3.05) is 13.2 Å². The molecule has 1 fully saturated rings. The third-order valence-corrected chi connectivity index (χ3v) is 4.64. The second-order valence-electron chi connectivity index (χ2n) is 6.62. The molecule has 0 saturated carbocycles. The van der Waals surface area contributed by atoms with Crippen LogP contribution in [0.25, 0.3) is 0 Å². The Bertz CT molecular complexity index is 654. The molecule has 2 N–H and O–H groups in total. The van der Waals surface area contributed by atoms with Gasteiger partial charge in [-0.3, -0.25) is 4.79 Å². The zero-order valence-corrected chi connectivity index (χ0v) is 14.5. The Morgan fingerprint density at radius 3 is 2.44 bits per heavy atom. The number of hydrogen-bond donors (Lipinski definition) is 1. The Balaban J connectivity index is 1.67. The highest BCUT2D eigenvalue weighted by molar-refractivity contribution is 5.77. The monoisotopic (exact) mass is 338 g/mol. The van der Waals surface area contributed by atoms with Crippen molar-refractivity contribution in [1.82, 2.24) is 4.90 Å². The van der Waals surface area contributed by atoms with Crippen molar-refractivity contribution < 1.29 is 9.53 Å². The normalized spacial score (nSPS) is 18.0. The average Bonchev–Trinajstić information content (AvgIpc) is 3.16. The molecule has 2 unspecified atom stereocenters. The minimum absolute atomic E-state index is 0.0794. The first-order chi connectivity index (χ1) is 12.2. The number of carbonyl (C=O) groups excluding carboxylic acids is 1. The molecule has 0 bridgehead atoms. The Kier molecular flexibility index (Phi) is 6.20. The lowest BCUT2D eigenvalue weighted by atomic mass is 10.0. The summed E-state index contributed by atoms with van der Waals surface area (Å²) in [6.07, 6.45) is 2.54. The first-order valence-electron chi connectivity index (χ1n) is 8.96. The van der Waals surface area contributed by atoms with E-state index in [0.717, 1.165) is 30.6 Å². The molecule has 4 nitrogen and oxygen atoms in total. The summed E-state index contributed by atoms with van der Waals surface area (Å²) in [6.45, 7) is 2.03. The van der Waals surface area contributed by atoms with Gasteiger partial charge in [0, 0.05) is 32.2 Å². The van der Waals surface area contributed by atoms with Crippen LogP contribution >= 0.6 is 0 Å². The van der Waals surface area contributed by atoms with Crippen LogP contribution in [0.15, 0.2) is 60.7 Å². The maximum absolute atomic E-state index is 12.9. The van der Waals surface area contributed by atoms with Crippen molar-refractivity contribution in [2.24, 2.45) is 5.73 Å². The highest BCUT2D eigenvalue weighted by Crippen LogP contribution is 2.19. The van der Waals surface area contributed by atoms with Crippen LogP contribution in [-0.2, 0) is 16.1 Å². The summed E-state index contributed by atoms with van der Waals surface area (Å²) in [5.74, 6) is 0.0794. The second-order valence-corrected chi connectivity index (χ2v) is 6.62. The average molecular weight is 338 g/mol. The van der Waals surface area contributed by atoms with E-state index in [1.807, 2.05) is 65.6 Å². The van der Waals surface area contributed by atoms with E-state index in [-0.39, 0.29) is 18.1 Å². The zero-order chi connectivity index (χ0) is 17.5. The maximum atomic E-state index is 12.9. The van der Waals surface area contributed by atoms with Crippen LogP contribution in [0.2, 0.25) is 0 Å². The number of benzene rings is 2. The van der Waals surface area contributed by atoms with Crippen LogP contribution in [0, 0.1) is 0 Å². The molecule has 2 aromatic carbocycles. The van der Waals surface area contributed by atoms with E-state index >= 15 is 0 Å². The van der Waals surface area contributed by atoms with E-state index < -0.39 is 0 Å². The summed E-state index contributed by atoms with van der Waals surface area (Å²) in [5.41, 5.74) is 8.38. The quantitative estimate of drug-likeness (QED) is 0.843. The van der Waals surface area contributed by atoms with Crippen LogP contribution in [0.4, 0.5) is 0 Å². The molecule has 2 atom stereocenters. The summed E-state index contributed by atoms with van der Waals surface area (Å²) in [7, 11) is 0. The number of ether oxygens (including phenoxy) is 1. The van der Waals surface area contributed by atoms with Crippen LogP contribution < -0.4 is 5.73 Å². The predicted octanol–water partition coefficient (Wildman–Crippen LogP) is 3.28. The van der Waals surface area contributed by atoms with E-state index in [9.17, 15) is 4.79 Å². The van der Waals surface area contributed by atoms with Gasteiger partial charge in [-0.2, -0.15) is 0 Å². The van der Waals surface area contributed by atoms with Crippen LogP contribution in [0.3, 0.4) is 0 Å². The van der Waals surface area contributed by atoms with Gasteiger partial charge in [0.15, 0.2) is 0 Å². The van der Waals surface area contributed by atoms with Gasteiger partial charge in [0.25, 0.3) is 0 Å². The number of nitrogens with two attached hydrogens (primary N) is 1. The molecule has 1 saturated heterocycles. The number of amides is 1. The molecule has 3 rings (SSSR count). The van der Waals surface area contributed by atoms with Gasteiger partial charge in [0.05, 0.1) is 6.10 Å². The highest BCUT2D eigenvalue weighted by atomic mass is 16.5. The largest absolute Gasteiger partial charge is 0.376 e. The molecule has 0 aromatic heterocycles. The molecule has 1 aliphatic rings. The molecule has 1 heterocycles. The molecule has 2 aromatic rings. The van der Waals surface area contributed by atoms with Crippen molar-refractivity contribution in [3.63, 3.8) is 0 Å². The summed E-state index contributed by atoms with van der Waals surface area (Å²) in [5, 5.41) is 0. The lowest BCUT2D eigenvalue weighted by Crippen LogP contribution is -2.38. The van der Waals surface area contributed by atoms with Gasteiger partial charge in [-0.05, 0) is 24.0 Å². The van der Waals surface area contributed by atoms with Crippen molar-refractivity contribution in [3.05, 3.63) is 71.8 Å². The van der Waals surface area contributed by atoms with Crippen molar-refractivity contribution in [1.29, 1.82) is 0 Å². The zero-order valence-electron chi connectivity index (χ0n) is 14.5. The molecule has 0 aliphatic carbocycles. The van der Waals surface area contributed by atoms with Crippen molar-refractivity contribution in [3.8, 4) is 0 Å². The van der Waals surface area contributed by atoms with Gasteiger partial charge in [0.1, 0.15) is 0 Å². The molecule has 0 spiro atoms. The van der Waals surface area contributed by atoms with E-state index in [2.05, 4.69) is 0 Å². The molecule has 132 valence electrons. The number of hydrogen-bond acceptors (Lipinski definition) is 3. The Hall–Kier alpha value is -2.17. The smallest absolute Gasteiger partial charge is 0.224 e. The summed E-state index contributed by atoms with van der Waals surface area (Å²) in [4.78, 5) is 14.8. The highest BCUT2D eigenvalue weighted by Gasteiger charge is 2.24. The van der Waals surface area contributed by atoms with Gasteiger partial charge in [-0.25, -0.2) is 0 Å². The van der Waals surface area contributed by atoms with E-state index in [0.29, 0.717) is 19.5 Å². The van der Waals surface area contributed by atoms with Gasteiger partial charge in [-0.15, -0.1) is 0 Å². The molecule has 1 aliphatic heterocycles. The van der Waals surface area contributed by atoms with Gasteiger partial charge in [-0.1, -0.05) is 60.7 Å². The van der Waals surface area contributed by atoms with Crippen LogP contribution in [0.5, 0.6) is 0 Å². The fourth-order valence-electron chi connectivity index (χ4n) is 3.23. The summed E-state index contributed by atoms with van der Waals surface area (Å²) < 4.78 is 5.74. The number of rotatable bonds is 7. The number of nitrogens with zero attached hydrogens (tertiary/aromatic N) is 1. The molecular weight excluding hydrogens is 312 g/mol. The Morgan fingerprint density at radius 1 is 1.12 bits per heavy atom. The Morgan fingerprint density at radius 2 is 1.80 bits per heavy atom. The van der Waals surface area contributed by atoms with Gasteiger partial charge in [0.2, 0.25) is 5.91 Å². The maximum Gasteiger partial charge on any atom is 0.224 e. The lowest BCUT2D eigenvalue weighted by molar-refractivity contribution is -0.133. The standard InChI is InChI=1S/C21H26N2O2/c22-20(18-10-5-2-6-11-18)14-21(24)23(16-19-12-7-13-25-19)15-17-8-3-1-4-9-17/h1-6,8-11,19-20H,7,12-16,22H2. The SMILES string of the molecule is NC(CC(=O)N(Cc1ccccc1)CC1CCCO1)c1ccccc1. The summed E-state index contributed by atoms with van der Waals surface area (Å²) >= 11 is 0. The minimum Gasteiger partial charge on any atom is -0.376 e. The third-order valence-electron chi connectivity index (χ3n) is 4.64. The van der Waals surface area contributed by atoms with Crippen LogP contribution in [-0.4, -0.2) is 30.1 Å². The third kappa shape index (κ3) is 5.15. The van der Waals surface area contributed by atoms with Crippen LogP contribution in [0.1, 0.15) is 36.4 Å². The molecule has 1 amide bonds. The predicted molar refractivity (Wildman–Crippen MR) is 98.8 cm³/mol. The molecule has 4 heteroatoms. The van der Waals surface area contributed by atoms with Gasteiger partial charge < -0.3 is 15.4 Å². The molecule has 0 radical (unpaired) electrons. The first kappa shape index (κ1) is 17.6. The van der Waals surface area contributed by atoms with E-state index in [4.69, 9.17) is 10.5 Å². The minimum atomic E-state index is -0.281. The molecular formula is C21H26N2O2. The van der Waals surface area contributed by atoms with Gasteiger partial charge >= 0.3 is 0 Å². The summed E-state index contributed by atoms with van der Waals surface area (Å²) in [6, 6.07) is 19.6. The fraction of sp³-hybridized carbons (Fsp3) is 0.381. The lowest BCUT2D eigenvalue weighted by Gasteiger charge is -2.27. The Labute approximate surface area is 149 Å². The van der Waals surface area contributed by atoms with E-state index in [1.54, 1.807) is 0 Å². The van der Waals surface area contributed by atoms with Crippen molar-refractivity contribution in [2.45, 2.75) is 38.0 Å². The van der Waals surface area contributed by atoms with E-state index in [1.165, 1.54) is 0 Å². The molecule has 25 heavy (non-hydrogen) atoms. The number of carbonyl (C=O) groups is 1. The topological polar surface area (TPSA) is 55.6 Å². The fourth-order valence-corrected chi connectivity index (χ4v) is 3.23. The second kappa shape index (κ2) is 8.79.